The number of para-hydroxylation sites is 1. The molecule has 2 aliphatic heterocycles. The van der Waals surface area contributed by atoms with Gasteiger partial charge in [-0.3, -0.25) is 4.79 Å². The van der Waals surface area contributed by atoms with Gasteiger partial charge in [-0.1, -0.05) is 18.2 Å². The maximum Gasteiger partial charge on any atom is 0.260 e. The van der Waals surface area contributed by atoms with Gasteiger partial charge in [0.1, 0.15) is 0 Å². The van der Waals surface area contributed by atoms with E-state index in [1.807, 2.05) is 35.2 Å². The summed E-state index contributed by atoms with van der Waals surface area (Å²) >= 11 is 0. The van der Waals surface area contributed by atoms with Crippen LogP contribution in [0.2, 0.25) is 0 Å². The average Bonchev–Trinajstić information content (AvgIpc) is 2.76. The summed E-state index contributed by atoms with van der Waals surface area (Å²) in [6.45, 7) is 0.747. The van der Waals surface area contributed by atoms with Crippen molar-refractivity contribution in [2.45, 2.75) is 12.5 Å². The lowest BCUT2D eigenvalue weighted by Crippen LogP contribution is -2.39. The molecule has 4 heteroatoms. The molecule has 0 aromatic heterocycles. The number of nitrogens with zero attached hydrogens (tertiary/aromatic N) is 1. The Labute approximate surface area is 117 Å². The summed E-state index contributed by atoms with van der Waals surface area (Å²) in [5.74, 6) is 0.0555. The molecule has 0 saturated heterocycles. The normalized spacial score (nSPS) is 19.7. The van der Waals surface area contributed by atoms with Crippen molar-refractivity contribution < 1.29 is 4.79 Å². The Hall–Kier alpha value is -2.49. The standard InChI is InChI=1S/C16H15N3O/c17-11-5-6-13-14(8-11)18-9-12-7-10-3-1-2-4-15(10)19(12)16(13)20/h1-6,8,12,18H,7,9,17H2. The Balaban J connectivity index is 1.85. The summed E-state index contributed by atoms with van der Waals surface area (Å²) in [4.78, 5) is 14.8. The smallest absolute Gasteiger partial charge is 0.260 e. The van der Waals surface area contributed by atoms with Gasteiger partial charge in [0.25, 0.3) is 5.91 Å². The molecule has 2 aliphatic rings. The molecule has 1 atom stereocenters. The van der Waals surface area contributed by atoms with Gasteiger partial charge < -0.3 is 16.0 Å². The van der Waals surface area contributed by atoms with Crippen LogP contribution in [0.4, 0.5) is 17.1 Å². The molecule has 0 bridgehead atoms. The highest BCUT2D eigenvalue weighted by Crippen LogP contribution is 2.36. The second-order valence-electron chi connectivity index (χ2n) is 5.35. The topological polar surface area (TPSA) is 58.4 Å². The van der Waals surface area contributed by atoms with Gasteiger partial charge in [-0.25, -0.2) is 0 Å². The summed E-state index contributed by atoms with van der Waals surface area (Å²) in [5.41, 5.74) is 10.3. The van der Waals surface area contributed by atoms with Crippen molar-refractivity contribution in [3.8, 4) is 0 Å². The van der Waals surface area contributed by atoms with E-state index >= 15 is 0 Å². The Morgan fingerprint density at radius 2 is 2.05 bits per heavy atom. The lowest BCUT2D eigenvalue weighted by molar-refractivity contribution is 0.0983. The van der Waals surface area contributed by atoms with E-state index in [1.54, 1.807) is 6.07 Å². The molecule has 0 spiro atoms. The van der Waals surface area contributed by atoms with Crippen LogP contribution in [0.1, 0.15) is 15.9 Å². The van der Waals surface area contributed by atoms with E-state index in [9.17, 15) is 4.79 Å². The molecule has 2 heterocycles. The maximum absolute atomic E-state index is 12.8. The number of benzene rings is 2. The number of nitrogens with two attached hydrogens (primary N) is 1. The number of carbonyl (C=O) groups is 1. The molecule has 2 aromatic carbocycles. The van der Waals surface area contributed by atoms with E-state index < -0.39 is 0 Å². The second-order valence-corrected chi connectivity index (χ2v) is 5.35. The highest BCUT2D eigenvalue weighted by molar-refractivity contribution is 6.12. The summed E-state index contributed by atoms with van der Waals surface area (Å²) in [5, 5.41) is 3.36. The molecular weight excluding hydrogens is 250 g/mol. The molecule has 1 unspecified atom stereocenters. The SMILES string of the molecule is Nc1ccc2c(c1)NCC1Cc3ccccc3N1C2=O. The van der Waals surface area contributed by atoms with Crippen LogP contribution in [0.25, 0.3) is 0 Å². The minimum Gasteiger partial charge on any atom is -0.399 e. The van der Waals surface area contributed by atoms with Crippen molar-refractivity contribution in [3.05, 3.63) is 53.6 Å². The van der Waals surface area contributed by atoms with Gasteiger partial charge in [-0.2, -0.15) is 0 Å². The summed E-state index contributed by atoms with van der Waals surface area (Å²) in [7, 11) is 0. The van der Waals surface area contributed by atoms with Crippen molar-refractivity contribution in [2.75, 3.05) is 22.5 Å². The predicted octanol–water partition coefficient (Wildman–Crippen LogP) is 2.27. The van der Waals surface area contributed by atoms with Crippen LogP contribution >= 0.6 is 0 Å². The van der Waals surface area contributed by atoms with Crippen molar-refractivity contribution in [2.24, 2.45) is 0 Å². The Kier molecular flexibility index (Phi) is 2.27. The fraction of sp³-hybridized carbons (Fsp3) is 0.188. The van der Waals surface area contributed by atoms with Gasteiger partial charge in [0.15, 0.2) is 0 Å². The highest BCUT2D eigenvalue weighted by atomic mass is 16.2. The molecule has 20 heavy (non-hydrogen) atoms. The van der Waals surface area contributed by atoms with E-state index in [0.717, 1.165) is 24.3 Å². The largest absolute Gasteiger partial charge is 0.399 e. The number of anilines is 3. The molecule has 4 rings (SSSR count). The first kappa shape index (κ1) is 11.3. The van der Waals surface area contributed by atoms with Crippen LogP contribution in [0, 0.1) is 0 Å². The van der Waals surface area contributed by atoms with Gasteiger partial charge in [0.2, 0.25) is 0 Å². The molecule has 0 fully saturated rings. The van der Waals surface area contributed by atoms with Gasteiger partial charge in [0, 0.05) is 23.6 Å². The second kappa shape index (κ2) is 4.00. The maximum atomic E-state index is 12.8. The van der Waals surface area contributed by atoms with E-state index in [1.165, 1.54) is 5.56 Å². The van der Waals surface area contributed by atoms with Crippen molar-refractivity contribution >= 4 is 23.0 Å². The molecule has 0 aliphatic carbocycles. The number of hydrogen-bond donors (Lipinski definition) is 2. The molecule has 0 radical (unpaired) electrons. The number of fused-ring (bicyclic) bond motifs is 4. The highest BCUT2D eigenvalue weighted by Gasteiger charge is 2.36. The molecular formula is C16H15N3O. The van der Waals surface area contributed by atoms with Gasteiger partial charge in [-0.15, -0.1) is 0 Å². The van der Waals surface area contributed by atoms with E-state index in [0.29, 0.717) is 11.3 Å². The van der Waals surface area contributed by atoms with Crippen LogP contribution in [-0.4, -0.2) is 18.5 Å². The quantitative estimate of drug-likeness (QED) is 0.718. The fourth-order valence-corrected chi connectivity index (χ4v) is 3.15. The molecule has 100 valence electrons. The zero-order valence-corrected chi connectivity index (χ0v) is 11.0. The third-order valence-electron chi connectivity index (χ3n) is 4.09. The molecule has 4 nitrogen and oxygen atoms in total. The summed E-state index contributed by atoms with van der Waals surface area (Å²) in [6.07, 6.45) is 0.901. The first-order valence-corrected chi connectivity index (χ1v) is 6.79. The first-order chi connectivity index (χ1) is 9.74. The Morgan fingerprint density at radius 1 is 1.20 bits per heavy atom. The van der Waals surface area contributed by atoms with E-state index in [-0.39, 0.29) is 11.9 Å². The Morgan fingerprint density at radius 3 is 2.95 bits per heavy atom. The van der Waals surface area contributed by atoms with Crippen molar-refractivity contribution in [1.29, 1.82) is 0 Å². The van der Waals surface area contributed by atoms with E-state index in [4.69, 9.17) is 5.73 Å². The average molecular weight is 265 g/mol. The monoisotopic (exact) mass is 265 g/mol. The van der Waals surface area contributed by atoms with Crippen LogP contribution in [0.15, 0.2) is 42.5 Å². The number of nitrogens with one attached hydrogen (secondary N) is 1. The number of hydrogen-bond acceptors (Lipinski definition) is 3. The first-order valence-electron chi connectivity index (χ1n) is 6.79. The Bertz CT molecular complexity index is 711. The minimum atomic E-state index is 0.0555. The zero-order chi connectivity index (χ0) is 13.7. The molecule has 3 N–H and O–H groups in total. The summed E-state index contributed by atoms with van der Waals surface area (Å²) in [6, 6.07) is 13.7. The lowest BCUT2D eigenvalue weighted by atomic mass is 10.1. The third-order valence-corrected chi connectivity index (χ3v) is 4.09. The van der Waals surface area contributed by atoms with Crippen LogP contribution in [0.5, 0.6) is 0 Å². The number of nitrogen functional groups attached to an aromatic ring is 1. The predicted molar refractivity (Wildman–Crippen MR) is 80.1 cm³/mol. The number of amides is 1. The molecule has 0 saturated carbocycles. The minimum absolute atomic E-state index is 0.0555. The molecule has 2 aromatic rings. The number of carbonyl (C=O) groups excluding carboxylic acids is 1. The zero-order valence-electron chi connectivity index (χ0n) is 11.0. The van der Waals surface area contributed by atoms with Crippen LogP contribution in [0.3, 0.4) is 0 Å². The number of rotatable bonds is 0. The molecule has 1 amide bonds. The lowest BCUT2D eigenvalue weighted by Gasteiger charge is -2.22. The van der Waals surface area contributed by atoms with Gasteiger partial charge in [-0.05, 0) is 36.2 Å². The van der Waals surface area contributed by atoms with Crippen LogP contribution < -0.4 is 16.0 Å². The van der Waals surface area contributed by atoms with Gasteiger partial charge in [0.05, 0.1) is 11.6 Å². The fourth-order valence-electron chi connectivity index (χ4n) is 3.15. The van der Waals surface area contributed by atoms with E-state index in [2.05, 4.69) is 11.4 Å². The van der Waals surface area contributed by atoms with Crippen molar-refractivity contribution in [1.82, 2.24) is 0 Å². The summed E-state index contributed by atoms with van der Waals surface area (Å²) < 4.78 is 0. The van der Waals surface area contributed by atoms with Crippen LogP contribution in [-0.2, 0) is 6.42 Å². The van der Waals surface area contributed by atoms with Gasteiger partial charge >= 0.3 is 0 Å². The third kappa shape index (κ3) is 1.51. The van der Waals surface area contributed by atoms with Crippen molar-refractivity contribution in [3.63, 3.8) is 0 Å².